The smallest absolute Gasteiger partial charge is 0.263 e. The van der Waals surface area contributed by atoms with E-state index in [1.54, 1.807) is 6.07 Å². The minimum Gasteiger partial charge on any atom is -0.504 e. The molecule has 0 spiro atoms. The van der Waals surface area contributed by atoms with E-state index in [9.17, 15) is 9.90 Å². The van der Waals surface area contributed by atoms with E-state index in [4.69, 9.17) is 4.74 Å². The van der Waals surface area contributed by atoms with E-state index >= 15 is 0 Å². The minimum absolute atomic E-state index is 0.0733. The van der Waals surface area contributed by atoms with Gasteiger partial charge in [-0.2, -0.15) is 0 Å². The van der Waals surface area contributed by atoms with E-state index in [1.165, 1.54) is 12.3 Å². The first-order chi connectivity index (χ1) is 10.6. The van der Waals surface area contributed by atoms with Crippen LogP contribution in [0.2, 0.25) is 0 Å². The summed E-state index contributed by atoms with van der Waals surface area (Å²) in [4.78, 5) is 15.8. The number of carbonyl (C=O) groups is 1. The summed E-state index contributed by atoms with van der Waals surface area (Å²) in [6.07, 6.45) is 2.49. The van der Waals surface area contributed by atoms with Crippen LogP contribution < -0.4 is 10.1 Å². The highest BCUT2D eigenvalue weighted by molar-refractivity contribution is 5.92. The molecule has 1 heterocycles. The lowest BCUT2D eigenvalue weighted by molar-refractivity contribution is -0.118. The van der Waals surface area contributed by atoms with Gasteiger partial charge >= 0.3 is 0 Å². The van der Waals surface area contributed by atoms with Gasteiger partial charge in [-0.05, 0) is 36.1 Å². The minimum atomic E-state index is -0.368. The summed E-state index contributed by atoms with van der Waals surface area (Å²) in [7, 11) is 0. The molecule has 5 nitrogen and oxygen atoms in total. The third-order valence-corrected chi connectivity index (χ3v) is 3.47. The summed E-state index contributed by atoms with van der Waals surface area (Å²) in [6.45, 7) is 4.09. The highest BCUT2D eigenvalue weighted by Gasteiger charge is 2.12. The first-order valence-electron chi connectivity index (χ1n) is 7.27. The Kier molecular flexibility index (Phi) is 5.36. The first-order valence-corrected chi connectivity index (χ1v) is 7.27. The molecule has 0 aliphatic carbocycles. The van der Waals surface area contributed by atoms with E-state index in [-0.39, 0.29) is 24.1 Å². The highest BCUT2D eigenvalue weighted by Crippen LogP contribution is 2.28. The van der Waals surface area contributed by atoms with Gasteiger partial charge in [-0.25, -0.2) is 4.98 Å². The second kappa shape index (κ2) is 7.45. The SMILES string of the molecule is CCC(C)c1ccccc1OCC(=O)Nc1ncccc1O. The average Bonchev–Trinajstić information content (AvgIpc) is 2.54. The summed E-state index contributed by atoms with van der Waals surface area (Å²) in [6, 6.07) is 10.7. The second-order valence-corrected chi connectivity index (χ2v) is 5.06. The van der Waals surface area contributed by atoms with Crippen LogP contribution in [0.5, 0.6) is 11.5 Å². The van der Waals surface area contributed by atoms with Gasteiger partial charge in [0.2, 0.25) is 0 Å². The van der Waals surface area contributed by atoms with Gasteiger partial charge in [0.1, 0.15) is 5.75 Å². The van der Waals surface area contributed by atoms with Crippen molar-refractivity contribution >= 4 is 11.7 Å². The zero-order chi connectivity index (χ0) is 15.9. The van der Waals surface area contributed by atoms with E-state index in [0.29, 0.717) is 11.7 Å². The molecule has 1 amide bonds. The van der Waals surface area contributed by atoms with E-state index < -0.39 is 0 Å². The third kappa shape index (κ3) is 3.97. The number of para-hydroxylation sites is 1. The lowest BCUT2D eigenvalue weighted by Crippen LogP contribution is -2.21. The zero-order valence-electron chi connectivity index (χ0n) is 12.7. The van der Waals surface area contributed by atoms with Crippen molar-refractivity contribution in [1.29, 1.82) is 0 Å². The van der Waals surface area contributed by atoms with Crippen LogP contribution in [0.3, 0.4) is 0 Å². The number of hydrogen-bond donors (Lipinski definition) is 2. The van der Waals surface area contributed by atoms with Gasteiger partial charge in [-0.3, -0.25) is 4.79 Å². The number of ether oxygens (including phenoxy) is 1. The maximum absolute atomic E-state index is 11.9. The first kappa shape index (κ1) is 15.8. The normalized spacial score (nSPS) is 11.7. The predicted octanol–water partition coefficient (Wildman–Crippen LogP) is 3.32. The molecule has 22 heavy (non-hydrogen) atoms. The van der Waals surface area contributed by atoms with Crippen molar-refractivity contribution in [1.82, 2.24) is 4.98 Å². The van der Waals surface area contributed by atoms with Crippen molar-refractivity contribution in [3.8, 4) is 11.5 Å². The number of rotatable bonds is 6. The number of hydrogen-bond acceptors (Lipinski definition) is 4. The number of anilines is 1. The van der Waals surface area contributed by atoms with Gasteiger partial charge in [-0.1, -0.05) is 32.0 Å². The van der Waals surface area contributed by atoms with Crippen LogP contribution in [0.4, 0.5) is 5.82 Å². The molecule has 0 aliphatic heterocycles. The molecule has 2 N–H and O–H groups in total. The molecule has 0 aliphatic rings. The van der Waals surface area contributed by atoms with Crippen molar-refractivity contribution in [3.05, 3.63) is 48.2 Å². The molecular formula is C17H20N2O3. The number of aromatic hydroxyl groups is 1. The topological polar surface area (TPSA) is 71.5 Å². The molecule has 0 saturated carbocycles. The van der Waals surface area contributed by atoms with Gasteiger partial charge in [-0.15, -0.1) is 0 Å². The Bertz CT molecular complexity index is 643. The third-order valence-electron chi connectivity index (χ3n) is 3.47. The van der Waals surface area contributed by atoms with Crippen molar-refractivity contribution < 1.29 is 14.6 Å². The standard InChI is InChI=1S/C17H20N2O3/c1-3-12(2)13-7-4-5-9-15(13)22-11-16(21)19-17-14(20)8-6-10-18-17/h4-10,12,20H,3,11H2,1-2H3,(H,18,19,21). The largest absolute Gasteiger partial charge is 0.504 e. The molecule has 1 unspecified atom stereocenters. The van der Waals surface area contributed by atoms with Gasteiger partial charge < -0.3 is 15.2 Å². The number of aromatic nitrogens is 1. The van der Waals surface area contributed by atoms with Crippen molar-refractivity contribution in [2.45, 2.75) is 26.2 Å². The fraction of sp³-hybridized carbons (Fsp3) is 0.294. The fourth-order valence-electron chi connectivity index (χ4n) is 2.04. The van der Waals surface area contributed by atoms with E-state index in [0.717, 1.165) is 12.0 Å². The molecule has 1 aromatic heterocycles. The molecule has 5 heteroatoms. The zero-order valence-corrected chi connectivity index (χ0v) is 12.7. The van der Waals surface area contributed by atoms with Crippen LogP contribution in [0, 0.1) is 0 Å². The fourth-order valence-corrected chi connectivity index (χ4v) is 2.04. The van der Waals surface area contributed by atoms with Crippen molar-refractivity contribution in [3.63, 3.8) is 0 Å². The monoisotopic (exact) mass is 300 g/mol. The number of nitrogens with one attached hydrogen (secondary N) is 1. The molecular weight excluding hydrogens is 280 g/mol. The number of carbonyl (C=O) groups excluding carboxylic acids is 1. The van der Waals surface area contributed by atoms with Crippen LogP contribution in [0.25, 0.3) is 0 Å². The average molecular weight is 300 g/mol. The van der Waals surface area contributed by atoms with Crippen LogP contribution >= 0.6 is 0 Å². The van der Waals surface area contributed by atoms with Gasteiger partial charge in [0.05, 0.1) is 0 Å². The van der Waals surface area contributed by atoms with Gasteiger partial charge in [0.15, 0.2) is 18.2 Å². The lowest BCUT2D eigenvalue weighted by Gasteiger charge is -2.15. The molecule has 0 saturated heterocycles. The Morgan fingerprint density at radius 2 is 2.09 bits per heavy atom. The Morgan fingerprint density at radius 3 is 2.82 bits per heavy atom. The lowest BCUT2D eigenvalue weighted by atomic mass is 9.98. The molecule has 0 bridgehead atoms. The molecule has 0 fully saturated rings. The number of amides is 1. The van der Waals surface area contributed by atoms with Crippen LogP contribution in [0.1, 0.15) is 31.7 Å². The number of nitrogens with zero attached hydrogens (tertiary/aromatic N) is 1. The number of benzene rings is 1. The molecule has 1 atom stereocenters. The maximum Gasteiger partial charge on any atom is 0.263 e. The van der Waals surface area contributed by atoms with E-state index in [2.05, 4.69) is 24.1 Å². The Hall–Kier alpha value is -2.56. The summed E-state index contributed by atoms with van der Waals surface area (Å²) in [5.41, 5.74) is 1.08. The van der Waals surface area contributed by atoms with E-state index in [1.807, 2.05) is 24.3 Å². The highest BCUT2D eigenvalue weighted by atomic mass is 16.5. The summed E-state index contributed by atoms with van der Waals surface area (Å²) in [5.74, 6) is 0.756. The molecule has 2 aromatic rings. The Morgan fingerprint density at radius 1 is 1.32 bits per heavy atom. The summed E-state index contributed by atoms with van der Waals surface area (Å²) >= 11 is 0. The summed E-state index contributed by atoms with van der Waals surface area (Å²) in [5, 5.41) is 12.1. The summed E-state index contributed by atoms with van der Waals surface area (Å²) < 4.78 is 5.61. The molecule has 116 valence electrons. The Labute approximate surface area is 130 Å². The van der Waals surface area contributed by atoms with Crippen molar-refractivity contribution in [2.75, 3.05) is 11.9 Å². The number of pyridine rings is 1. The molecule has 1 aromatic carbocycles. The van der Waals surface area contributed by atoms with Crippen LogP contribution in [0.15, 0.2) is 42.6 Å². The quantitative estimate of drug-likeness (QED) is 0.858. The molecule has 0 radical (unpaired) electrons. The molecule has 2 rings (SSSR count). The maximum atomic E-state index is 11.9. The van der Waals surface area contributed by atoms with Crippen LogP contribution in [-0.4, -0.2) is 22.6 Å². The van der Waals surface area contributed by atoms with Gasteiger partial charge in [0, 0.05) is 6.20 Å². The predicted molar refractivity (Wildman–Crippen MR) is 85.2 cm³/mol. The second-order valence-electron chi connectivity index (χ2n) is 5.06. The van der Waals surface area contributed by atoms with Crippen molar-refractivity contribution in [2.24, 2.45) is 0 Å². The van der Waals surface area contributed by atoms with Crippen LogP contribution in [-0.2, 0) is 4.79 Å². The Balaban J connectivity index is 1.99. The van der Waals surface area contributed by atoms with Gasteiger partial charge in [0.25, 0.3) is 5.91 Å².